The first-order valence-electron chi connectivity index (χ1n) is 5.76. The minimum Gasteiger partial charge on any atom is -0.384 e. The number of fused-ring (bicyclic) bond motifs is 1. The third-order valence-corrected chi connectivity index (χ3v) is 2.67. The van der Waals surface area contributed by atoms with Crippen molar-refractivity contribution in [1.82, 2.24) is 4.98 Å². The molecule has 16 heavy (non-hydrogen) atoms. The summed E-state index contributed by atoms with van der Waals surface area (Å²) in [5, 5.41) is 4.69. The Labute approximate surface area is 96.7 Å². The van der Waals surface area contributed by atoms with Crippen LogP contribution < -0.4 is 5.32 Å². The van der Waals surface area contributed by atoms with Gasteiger partial charge in [0.2, 0.25) is 0 Å². The molecule has 1 aromatic heterocycles. The molecule has 0 aliphatic heterocycles. The Kier molecular flexibility index (Phi) is 3.09. The monoisotopic (exact) mass is 214 g/mol. The van der Waals surface area contributed by atoms with Gasteiger partial charge in [0.25, 0.3) is 0 Å². The van der Waals surface area contributed by atoms with Gasteiger partial charge >= 0.3 is 0 Å². The van der Waals surface area contributed by atoms with E-state index in [-0.39, 0.29) is 0 Å². The Balaban J connectivity index is 2.42. The van der Waals surface area contributed by atoms with Crippen LogP contribution in [0.1, 0.15) is 19.4 Å². The smallest absolute Gasteiger partial charge is 0.0751 e. The molecule has 0 amide bonds. The van der Waals surface area contributed by atoms with Crippen LogP contribution in [-0.4, -0.2) is 11.5 Å². The van der Waals surface area contributed by atoms with Gasteiger partial charge in [-0.2, -0.15) is 0 Å². The van der Waals surface area contributed by atoms with Crippen LogP contribution >= 0.6 is 0 Å². The molecule has 0 saturated carbocycles. The van der Waals surface area contributed by atoms with E-state index in [9.17, 15) is 0 Å². The normalized spacial score (nSPS) is 11.0. The van der Waals surface area contributed by atoms with Crippen molar-refractivity contribution in [2.75, 3.05) is 11.9 Å². The lowest BCUT2D eigenvalue weighted by Gasteiger charge is -2.12. The van der Waals surface area contributed by atoms with E-state index in [4.69, 9.17) is 0 Å². The number of pyridine rings is 1. The van der Waals surface area contributed by atoms with E-state index in [1.165, 1.54) is 16.6 Å². The number of aryl methyl sites for hydroxylation is 1. The average Bonchev–Trinajstić information content (AvgIpc) is 2.28. The molecule has 0 bridgehead atoms. The summed E-state index contributed by atoms with van der Waals surface area (Å²) in [5.41, 5.74) is 3.50. The molecule has 0 radical (unpaired) electrons. The number of aromatic nitrogens is 1. The van der Waals surface area contributed by atoms with Crippen molar-refractivity contribution in [2.24, 2.45) is 5.92 Å². The maximum absolute atomic E-state index is 4.43. The van der Waals surface area contributed by atoms with Crippen molar-refractivity contribution < 1.29 is 0 Å². The predicted molar refractivity (Wildman–Crippen MR) is 69.8 cm³/mol. The highest BCUT2D eigenvalue weighted by Gasteiger charge is 2.04. The molecule has 2 nitrogen and oxygen atoms in total. The minimum atomic E-state index is 0.646. The maximum Gasteiger partial charge on any atom is 0.0751 e. The van der Waals surface area contributed by atoms with Gasteiger partial charge in [-0.25, -0.2) is 0 Å². The molecule has 1 N–H and O–H groups in total. The predicted octanol–water partition coefficient (Wildman–Crippen LogP) is 3.61. The summed E-state index contributed by atoms with van der Waals surface area (Å²) in [6, 6.07) is 8.38. The second-order valence-electron chi connectivity index (χ2n) is 4.60. The maximum atomic E-state index is 4.43. The Bertz CT molecular complexity index is 489. The minimum absolute atomic E-state index is 0.646. The Morgan fingerprint density at radius 3 is 2.81 bits per heavy atom. The highest BCUT2D eigenvalue weighted by Crippen LogP contribution is 2.24. The second-order valence-corrected chi connectivity index (χ2v) is 4.60. The highest BCUT2D eigenvalue weighted by atomic mass is 14.9. The van der Waals surface area contributed by atoms with E-state index < -0.39 is 0 Å². The van der Waals surface area contributed by atoms with Gasteiger partial charge in [-0.15, -0.1) is 0 Å². The molecule has 0 atom stereocenters. The van der Waals surface area contributed by atoms with Crippen LogP contribution in [0.5, 0.6) is 0 Å². The first kappa shape index (κ1) is 10.9. The van der Waals surface area contributed by atoms with E-state index in [0.29, 0.717) is 5.92 Å². The molecule has 0 aliphatic rings. The van der Waals surface area contributed by atoms with Crippen molar-refractivity contribution in [1.29, 1.82) is 0 Å². The molecule has 0 spiro atoms. The molecular formula is C14H18N2. The SMILES string of the molecule is Cc1ccc(NCC(C)C)c2cccnc12. The van der Waals surface area contributed by atoms with Crippen LogP contribution in [0.25, 0.3) is 10.9 Å². The van der Waals surface area contributed by atoms with E-state index in [2.05, 4.69) is 49.3 Å². The third kappa shape index (κ3) is 2.16. The zero-order chi connectivity index (χ0) is 11.5. The summed E-state index contributed by atoms with van der Waals surface area (Å²) in [7, 11) is 0. The second kappa shape index (κ2) is 4.52. The molecule has 1 aromatic carbocycles. The van der Waals surface area contributed by atoms with Gasteiger partial charge in [0, 0.05) is 23.8 Å². The van der Waals surface area contributed by atoms with Crippen molar-refractivity contribution in [3.8, 4) is 0 Å². The largest absolute Gasteiger partial charge is 0.384 e. The first-order chi connectivity index (χ1) is 7.68. The summed E-state index contributed by atoms with van der Waals surface area (Å²) in [5.74, 6) is 0.646. The first-order valence-corrected chi connectivity index (χ1v) is 5.76. The summed E-state index contributed by atoms with van der Waals surface area (Å²) >= 11 is 0. The van der Waals surface area contributed by atoms with E-state index >= 15 is 0 Å². The Morgan fingerprint density at radius 1 is 1.25 bits per heavy atom. The molecule has 84 valence electrons. The van der Waals surface area contributed by atoms with Gasteiger partial charge in [-0.05, 0) is 36.6 Å². The number of hydrogen-bond acceptors (Lipinski definition) is 2. The Morgan fingerprint density at radius 2 is 2.06 bits per heavy atom. The lowest BCUT2D eigenvalue weighted by Crippen LogP contribution is -2.08. The van der Waals surface area contributed by atoms with E-state index in [0.717, 1.165) is 12.1 Å². The third-order valence-electron chi connectivity index (χ3n) is 2.67. The number of rotatable bonds is 3. The van der Waals surface area contributed by atoms with Crippen LogP contribution in [0, 0.1) is 12.8 Å². The van der Waals surface area contributed by atoms with Gasteiger partial charge < -0.3 is 5.32 Å². The number of anilines is 1. The quantitative estimate of drug-likeness (QED) is 0.844. The van der Waals surface area contributed by atoms with Gasteiger partial charge in [0.15, 0.2) is 0 Å². The van der Waals surface area contributed by atoms with Gasteiger partial charge in [-0.3, -0.25) is 4.98 Å². The van der Waals surface area contributed by atoms with Crippen molar-refractivity contribution in [3.63, 3.8) is 0 Å². The number of benzene rings is 1. The van der Waals surface area contributed by atoms with Crippen molar-refractivity contribution in [2.45, 2.75) is 20.8 Å². The number of nitrogens with zero attached hydrogens (tertiary/aromatic N) is 1. The van der Waals surface area contributed by atoms with Gasteiger partial charge in [0.05, 0.1) is 5.52 Å². The lowest BCUT2D eigenvalue weighted by molar-refractivity contribution is 0.689. The Hall–Kier alpha value is -1.57. The molecule has 2 rings (SSSR count). The molecule has 0 unspecified atom stereocenters. The fraction of sp³-hybridized carbons (Fsp3) is 0.357. The molecule has 2 heteroatoms. The van der Waals surface area contributed by atoms with Crippen LogP contribution in [0.2, 0.25) is 0 Å². The molecule has 0 saturated heterocycles. The van der Waals surface area contributed by atoms with Gasteiger partial charge in [-0.1, -0.05) is 19.9 Å². The van der Waals surface area contributed by atoms with Crippen LogP contribution in [0.15, 0.2) is 30.5 Å². The fourth-order valence-electron chi connectivity index (χ4n) is 1.78. The zero-order valence-corrected chi connectivity index (χ0v) is 10.1. The summed E-state index contributed by atoms with van der Waals surface area (Å²) in [6.07, 6.45) is 1.85. The fourth-order valence-corrected chi connectivity index (χ4v) is 1.78. The lowest BCUT2D eigenvalue weighted by atomic mass is 10.1. The summed E-state index contributed by atoms with van der Waals surface area (Å²) < 4.78 is 0. The van der Waals surface area contributed by atoms with Crippen molar-refractivity contribution in [3.05, 3.63) is 36.0 Å². The molecule has 0 fully saturated rings. The van der Waals surface area contributed by atoms with Gasteiger partial charge in [0.1, 0.15) is 0 Å². The molecule has 2 aromatic rings. The molecular weight excluding hydrogens is 196 g/mol. The zero-order valence-electron chi connectivity index (χ0n) is 10.1. The van der Waals surface area contributed by atoms with E-state index in [1.807, 2.05) is 12.3 Å². The van der Waals surface area contributed by atoms with Crippen molar-refractivity contribution >= 4 is 16.6 Å². The molecule has 0 aliphatic carbocycles. The number of hydrogen-bond donors (Lipinski definition) is 1. The molecule has 1 heterocycles. The van der Waals surface area contributed by atoms with Crippen LogP contribution in [-0.2, 0) is 0 Å². The highest BCUT2D eigenvalue weighted by molar-refractivity contribution is 5.93. The number of nitrogens with one attached hydrogen (secondary N) is 1. The summed E-state index contributed by atoms with van der Waals surface area (Å²) in [6.45, 7) is 7.51. The van der Waals surface area contributed by atoms with E-state index in [1.54, 1.807) is 0 Å². The average molecular weight is 214 g/mol. The van der Waals surface area contributed by atoms with Crippen LogP contribution in [0.4, 0.5) is 5.69 Å². The standard InChI is InChI=1S/C14H18N2/c1-10(2)9-16-13-7-6-11(3)14-12(13)5-4-8-15-14/h4-8,10,16H,9H2,1-3H3. The van der Waals surface area contributed by atoms with Crippen LogP contribution in [0.3, 0.4) is 0 Å². The topological polar surface area (TPSA) is 24.9 Å². The summed E-state index contributed by atoms with van der Waals surface area (Å²) in [4.78, 5) is 4.43.